The van der Waals surface area contributed by atoms with E-state index in [0.29, 0.717) is 12.1 Å². The molecule has 116 valence electrons. The maximum Gasteiger partial charge on any atom is 0.251 e. The molecule has 1 N–H and O–H groups in total. The van der Waals surface area contributed by atoms with Crippen molar-refractivity contribution in [3.8, 4) is 0 Å². The average molecular weight is 310 g/mol. The Labute approximate surface area is 126 Å². The highest BCUT2D eigenvalue weighted by molar-refractivity contribution is 7.89. The second-order valence-electron chi connectivity index (χ2n) is 5.52. The van der Waals surface area contributed by atoms with Gasteiger partial charge in [-0.25, -0.2) is 8.42 Å². The van der Waals surface area contributed by atoms with Gasteiger partial charge in [0.2, 0.25) is 10.0 Å². The van der Waals surface area contributed by atoms with Crippen molar-refractivity contribution in [3.05, 3.63) is 29.3 Å². The fourth-order valence-corrected chi connectivity index (χ4v) is 4.43. The smallest absolute Gasteiger partial charge is 0.251 e. The van der Waals surface area contributed by atoms with Gasteiger partial charge in [0, 0.05) is 25.2 Å². The van der Waals surface area contributed by atoms with Crippen molar-refractivity contribution in [2.24, 2.45) is 0 Å². The molecule has 5 nitrogen and oxygen atoms in total. The van der Waals surface area contributed by atoms with Gasteiger partial charge >= 0.3 is 0 Å². The van der Waals surface area contributed by atoms with Crippen molar-refractivity contribution in [1.82, 2.24) is 9.62 Å². The van der Waals surface area contributed by atoms with Gasteiger partial charge < -0.3 is 5.32 Å². The van der Waals surface area contributed by atoms with Gasteiger partial charge in [0.25, 0.3) is 5.91 Å². The Bertz CT molecular complexity index is 640. The summed E-state index contributed by atoms with van der Waals surface area (Å²) in [5, 5.41) is 2.54. The molecule has 1 aromatic rings. The summed E-state index contributed by atoms with van der Waals surface area (Å²) in [7, 11) is -2.00. The Morgan fingerprint density at radius 1 is 1.33 bits per heavy atom. The zero-order chi connectivity index (χ0) is 15.6. The molecule has 1 unspecified atom stereocenters. The predicted octanol–water partition coefficient (Wildman–Crippen LogP) is 1.92. The van der Waals surface area contributed by atoms with E-state index in [1.807, 2.05) is 6.92 Å². The molecule has 2 rings (SSSR count). The predicted molar refractivity (Wildman–Crippen MR) is 81.8 cm³/mol. The minimum atomic E-state index is -3.54. The second-order valence-corrected chi connectivity index (χ2v) is 7.41. The molecule has 1 fully saturated rings. The first-order chi connectivity index (χ1) is 9.87. The fraction of sp³-hybridized carbons (Fsp3) is 0.533. The van der Waals surface area contributed by atoms with Crippen LogP contribution in [0.15, 0.2) is 23.1 Å². The average Bonchev–Trinajstić information content (AvgIpc) is 2.47. The largest absolute Gasteiger partial charge is 0.355 e. The Balaban J connectivity index is 2.43. The van der Waals surface area contributed by atoms with Crippen molar-refractivity contribution >= 4 is 15.9 Å². The molecule has 0 radical (unpaired) electrons. The molecule has 1 saturated heterocycles. The lowest BCUT2D eigenvalue weighted by Gasteiger charge is -2.32. The van der Waals surface area contributed by atoms with Crippen molar-refractivity contribution in [1.29, 1.82) is 0 Å². The van der Waals surface area contributed by atoms with Crippen LogP contribution in [0.25, 0.3) is 0 Å². The van der Waals surface area contributed by atoms with Gasteiger partial charge in [0.05, 0.1) is 4.90 Å². The van der Waals surface area contributed by atoms with Gasteiger partial charge in [-0.1, -0.05) is 12.5 Å². The van der Waals surface area contributed by atoms with Crippen LogP contribution in [-0.2, 0) is 10.0 Å². The third-order valence-corrected chi connectivity index (χ3v) is 6.04. The van der Waals surface area contributed by atoms with Gasteiger partial charge in [-0.05, 0) is 44.4 Å². The molecule has 1 amide bonds. The van der Waals surface area contributed by atoms with E-state index in [-0.39, 0.29) is 16.8 Å². The number of hydrogen-bond acceptors (Lipinski definition) is 3. The first-order valence-electron chi connectivity index (χ1n) is 7.22. The number of aryl methyl sites for hydroxylation is 1. The maximum atomic E-state index is 12.8. The third-order valence-electron chi connectivity index (χ3n) is 4.03. The lowest BCUT2D eigenvalue weighted by Crippen LogP contribution is -2.42. The molecule has 0 spiro atoms. The summed E-state index contributed by atoms with van der Waals surface area (Å²) in [6, 6.07) is 4.75. The molecule has 0 bridgehead atoms. The second kappa shape index (κ2) is 6.15. The minimum absolute atomic E-state index is 0.00787. The lowest BCUT2D eigenvalue weighted by molar-refractivity contribution is 0.0962. The molecule has 1 heterocycles. The summed E-state index contributed by atoms with van der Waals surface area (Å²) in [5.41, 5.74) is 1.17. The van der Waals surface area contributed by atoms with E-state index in [4.69, 9.17) is 0 Å². The monoisotopic (exact) mass is 310 g/mol. The normalized spacial score (nSPS) is 20.2. The highest BCUT2D eigenvalue weighted by Gasteiger charge is 2.31. The zero-order valence-corrected chi connectivity index (χ0v) is 13.5. The van der Waals surface area contributed by atoms with Crippen LogP contribution in [0.1, 0.15) is 42.1 Å². The first-order valence-corrected chi connectivity index (χ1v) is 8.66. The van der Waals surface area contributed by atoms with Crippen LogP contribution in [0.2, 0.25) is 0 Å². The van der Waals surface area contributed by atoms with Gasteiger partial charge in [0.15, 0.2) is 0 Å². The summed E-state index contributed by atoms with van der Waals surface area (Å²) in [6.45, 7) is 4.28. The number of hydrogen-bond donors (Lipinski definition) is 1. The number of carbonyl (C=O) groups is 1. The summed E-state index contributed by atoms with van der Waals surface area (Å²) in [5.74, 6) is -0.267. The number of rotatable bonds is 3. The third kappa shape index (κ3) is 3.11. The molecule has 0 aliphatic carbocycles. The number of sulfonamides is 1. The van der Waals surface area contributed by atoms with Crippen LogP contribution >= 0.6 is 0 Å². The first kappa shape index (κ1) is 16.0. The molecule has 0 saturated carbocycles. The van der Waals surface area contributed by atoms with Gasteiger partial charge in [0.1, 0.15) is 0 Å². The molecule has 21 heavy (non-hydrogen) atoms. The molecular weight excluding hydrogens is 288 g/mol. The van der Waals surface area contributed by atoms with Crippen LogP contribution in [-0.4, -0.2) is 38.3 Å². The van der Waals surface area contributed by atoms with Crippen LogP contribution in [0.3, 0.4) is 0 Å². The fourth-order valence-electron chi connectivity index (χ4n) is 2.71. The molecule has 6 heteroatoms. The summed E-state index contributed by atoms with van der Waals surface area (Å²) in [6.07, 6.45) is 2.83. The number of nitrogens with one attached hydrogen (secondary N) is 1. The summed E-state index contributed by atoms with van der Waals surface area (Å²) >= 11 is 0. The number of nitrogens with zero attached hydrogens (tertiary/aromatic N) is 1. The maximum absolute atomic E-state index is 12.8. The Kier molecular flexibility index (Phi) is 4.68. The van der Waals surface area contributed by atoms with E-state index in [1.54, 1.807) is 23.4 Å². The van der Waals surface area contributed by atoms with E-state index in [0.717, 1.165) is 24.8 Å². The topological polar surface area (TPSA) is 66.5 Å². The molecule has 1 aliphatic heterocycles. The van der Waals surface area contributed by atoms with E-state index in [9.17, 15) is 13.2 Å². The quantitative estimate of drug-likeness (QED) is 0.927. The van der Waals surface area contributed by atoms with Crippen LogP contribution < -0.4 is 5.32 Å². The van der Waals surface area contributed by atoms with Gasteiger partial charge in [-0.15, -0.1) is 0 Å². The van der Waals surface area contributed by atoms with E-state index >= 15 is 0 Å². The SMILES string of the molecule is CNC(=O)c1cc(S(=O)(=O)N2CCCCC2C)ccc1C. The summed E-state index contributed by atoms with van der Waals surface area (Å²) < 4.78 is 27.1. The number of amides is 1. The zero-order valence-electron chi connectivity index (χ0n) is 12.7. The van der Waals surface area contributed by atoms with Crippen molar-refractivity contribution < 1.29 is 13.2 Å². The molecule has 1 aliphatic rings. The molecule has 1 atom stereocenters. The van der Waals surface area contributed by atoms with Gasteiger partial charge in [-0.2, -0.15) is 4.31 Å². The Morgan fingerprint density at radius 3 is 2.67 bits per heavy atom. The van der Waals surface area contributed by atoms with Crippen molar-refractivity contribution in [3.63, 3.8) is 0 Å². The van der Waals surface area contributed by atoms with Crippen LogP contribution in [0.5, 0.6) is 0 Å². The van der Waals surface area contributed by atoms with Crippen molar-refractivity contribution in [2.45, 2.75) is 44.0 Å². The molecule has 1 aromatic carbocycles. The minimum Gasteiger partial charge on any atom is -0.355 e. The highest BCUT2D eigenvalue weighted by atomic mass is 32.2. The number of benzene rings is 1. The van der Waals surface area contributed by atoms with E-state index < -0.39 is 10.0 Å². The molecular formula is C15H22N2O3S. The van der Waals surface area contributed by atoms with E-state index in [2.05, 4.69) is 5.32 Å². The number of piperidine rings is 1. The van der Waals surface area contributed by atoms with Gasteiger partial charge in [-0.3, -0.25) is 4.79 Å². The van der Waals surface area contributed by atoms with Crippen LogP contribution in [0, 0.1) is 6.92 Å². The Hall–Kier alpha value is -1.40. The van der Waals surface area contributed by atoms with Crippen molar-refractivity contribution in [2.75, 3.05) is 13.6 Å². The number of carbonyl (C=O) groups excluding carboxylic acids is 1. The highest BCUT2D eigenvalue weighted by Crippen LogP contribution is 2.26. The standard InChI is InChI=1S/C15H22N2O3S/c1-11-7-8-13(10-14(11)15(18)16-3)21(19,20)17-9-5-4-6-12(17)2/h7-8,10,12H,4-6,9H2,1-3H3,(H,16,18). The molecule has 0 aromatic heterocycles. The Morgan fingerprint density at radius 2 is 2.05 bits per heavy atom. The lowest BCUT2D eigenvalue weighted by atomic mass is 10.1. The van der Waals surface area contributed by atoms with E-state index in [1.165, 1.54) is 13.1 Å². The summed E-state index contributed by atoms with van der Waals surface area (Å²) in [4.78, 5) is 12.0. The van der Waals surface area contributed by atoms with Crippen LogP contribution in [0.4, 0.5) is 0 Å².